The Bertz CT molecular complexity index is 731. The molecule has 2 saturated carbocycles. The maximum atomic E-state index is 13.1. The molecule has 1 aliphatic heterocycles. The molecule has 0 radical (unpaired) electrons. The molecule has 2 aliphatic carbocycles. The molecule has 3 fully saturated rings. The average molecular weight is 296 g/mol. The molecule has 0 spiro atoms. The predicted molar refractivity (Wildman–Crippen MR) is 81.4 cm³/mol. The molecule has 22 heavy (non-hydrogen) atoms. The van der Waals surface area contributed by atoms with E-state index < -0.39 is 0 Å². The number of imidazole rings is 1. The Hall–Kier alpha value is -1.91. The van der Waals surface area contributed by atoms with Gasteiger partial charge in [0.15, 0.2) is 11.3 Å². The van der Waals surface area contributed by atoms with Crippen molar-refractivity contribution in [3.05, 3.63) is 30.5 Å². The van der Waals surface area contributed by atoms with Crippen LogP contribution in [0.25, 0.3) is 5.65 Å². The van der Waals surface area contributed by atoms with Crippen LogP contribution >= 0.6 is 0 Å². The number of amides is 1. The number of hydrogen-bond donors (Lipinski definition) is 0. The topological polar surface area (TPSA) is 50.5 Å². The Kier molecular flexibility index (Phi) is 2.60. The van der Waals surface area contributed by atoms with Gasteiger partial charge in [0.1, 0.15) is 0 Å². The summed E-state index contributed by atoms with van der Waals surface area (Å²) in [6, 6.07) is 0.440. The lowest BCUT2D eigenvalue weighted by atomic mass is 9.98. The third kappa shape index (κ3) is 1.95. The van der Waals surface area contributed by atoms with Crippen molar-refractivity contribution in [2.24, 2.45) is 17.8 Å². The molecule has 3 aliphatic rings. The van der Waals surface area contributed by atoms with E-state index in [4.69, 9.17) is 0 Å². The molecular formula is C17H20N4O. The number of hydrogen-bond acceptors (Lipinski definition) is 3. The highest BCUT2D eigenvalue weighted by Crippen LogP contribution is 2.48. The van der Waals surface area contributed by atoms with Gasteiger partial charge in [-0.05, 0) is 49.9 Å². The van der Waals surface area contributed by atoms with Crippen molar-refractivity contribution in [3.8, 4) is 0 Å². The van der Waals surface area contributed by atoms with E-state index in [-0.39, 0.29) is 5.91 Å². The molecule has 0 bridgehead atoms. The number of nitrogens with zero attached hydrogens (tertiary/aromatic N) is 4. The summed E-state index contributed by atoms with van der Waals surface area (Å²) in [6.45, 7) is 0.925. The van der Waals surface area contributed by atoms with E-state index in [1.54, 1.807) is 12.4 Å². The fraction of sp³-hybridized carbons (Fsp3) is 0.588. The van der Waals surface area contributed by atoms with Crippen LogP contribution in [0.15, 0.2) is 24.8 Å². The van der Waals surface area contributed by atoms with Crippen LogP contribution in [-0.2, 0) is 0 Å². The molecule has 2 aromatic heterocycles. The number of fused-ring (bicyclic) bond motifs is 1. The molecule has 2 aromatic rings. The van der Waals surface area contributed by atoms with Gasteiger partial charge in [-0.3, -0.25) is 4.79 Å². The molecule has 0 N–H and O–H groups in total. The van der Waals surface area contributed by atoms with Gasteiger partial charge in [-0.15, -0.1) is 0 Å². The third-order valence-electron chi connectivity index (χ3n) is 5.61. The lowest BCUT2D eigenvalue weighted by molar-refractivity contribution is 0.0712. The van der Waals surface area contributed by atoms with Crippen LogP contribution in [0.1, 0.15) is 42.6 Å². The van der Waals surface area contributed by atoms with Crippen molar-refractivity contribution in [2.45, 2.75) is 38.1 Å². The minimum absolute atomic E-state index is 0.0804. The molecule has 1 saturated heterocycles. The summed E-state index contributed by atoms with van der Waals surface area (Å²) in [4.78, 5) is 23.9. The first kappa shape index (κ1) is 12.6. The van der Waals surface area contributed by atoms with Crippen molar-refractivity contribution < 1.29 is 4.79 Å². The fourth-order valence-corrected chi connectivity index (χ4v) is 4.11. The monoisotopic (exact) mass is 296 g/mol. The van der Waals surface area contributed by atoms with Crippen LogP contribution in [0.5, 0.6) is 0 Å². The Morgan fingerprint density at radius 1 is 1.00 bits per heavy atom. The Morgan fingerprint density at radius 3 is 2.45 bits per heavy atom. The van der Waals surface area contributed by atoms with Crippen LogP contribution in [-0.4, -0.2) is 37.8 Å². The van der Waals surface area contributed by atoms with Crippen molar-refractivity contribution in [2.75, 3.05) is 6.54 Å². The minimum atomic E-state index is 0.0804. The van der Waals surface area contributed by atoms with Gasteiger partial charge in [0, 0.05) is 37.4 Å². The van der Waals surface area contributed by atoms with Crippen LogP contribution in [0.2, 0.25) is 0 Å². The lowest BCUT2D eigenvalue weighted by Gasteiger charge is -2.24. The molecule has 1 amide bonds. The summed E-state index contributed by atoms with van der Waals surface area (Å²) >= 11 is 0. The predicted octanol–water partition coefficient (Wildman–Crippen LogP) is 2.38. The van der Waals surface area contributed by atoms with Crippen LogP contribution < -0.4 is 0 Å². The summed E-state index contributed by atoms with van der Waals surface area (Å²) in [5.41, 5.74) is 1.19. The standard InChI is InChI=1S/C17H20N4O/c22-17(15-16-19-6-8-20(16)7-5-18-15)21-10-13(11-1-2-11)9-14(21)12-3-4-12/h5-8,11-14H,1-4,9-10H2/t13-,14-/m1/s1. The van der Waals surface area contributed by atoms with Crippen molar-refractivity contribution >= 4 is 11.6 Å². The van der Waals surface area contributed by atoms with Gasteiger partial charge in [0.25, 0.3) is 5.91 Å². The lowest BCUT2D eigenvalue weighted by Crippen LogP contribution is -2.37. The SMILES string of the molecule is O=C(c1nccn2ccnc12)N1C[C@H](C2CC2)C[C@@H]1C1CC1. The van der Waals surface area contributed by atoms with Crippen LogP contribution in [0, 0.1) is 17.8 Å². The van der Waals surface area contributed by atoms with E-state index in [0.29, 0.717) is 23.3 Å². The molecule has 3 heterocycles. The van der Waals surface area contributed by atoms with E-state index in [1.807, 2.05) is 16.8 Å². The Balaban J connectivity index is 1.49. The third-order valence-corrected chi connectivity index (χ3v) is 5.61. The Labute approximate surface area is 129 Å². The largest absolute Gasteiger partial charge is 0.334 e. The number of rotatable bonds is 3. The quantitative estimate of drug-likeness (QED) is 0.874. The van der Waals surface area contributed by atoms with Crippen molar-refractivity contribution in [1.82, 2.24) is 19.3 Å². The molecule has 114 valence electrons. The first-order chi connectivity index (χ1) is 10.8. The van der Waals surface area contributed by atoms with Crippen molar-refractivity contribution in [1.29, 1.82) is 0 Å². The van der Waals surface area contributed by atoms with Gasteiger partial charge in [-0.2, -0.15) is 0 Å². The maximum Gasteiger partial charge on any atom is 0.276 e. The highest BCUT2D eigenvalue weighted by Gasteiger charge is 2.48. The van der Waals surface area contributed by atoms with Crippen molar-refractivity contribution in [3.63, 3.8) is 0 Å². The maximum absolute atomic E-state index is 13.1. The van der Waals surface area contributed by atoms with E-state index >= 15 is 0 Å². The molecule has 5 nitrogen and oxygen atoms in total. The summed E-state index contributed by atoms with van der Waals surface area (Å²) in [5.74, 6) is 2.40. The summed E-state index contributed by atoms with van der Waals surface area (Å²) in [7, 11) is 0. The first-order valence-corrected chi connectivity index (χ1v) is 8.40. The number of carbonyl (C=O) groups is 1. The highest BCUT2D eigenvalue weighted by atomic mass is 16.2. The molecule has 0 unspecified atom stereocenters. The number of likely N-dealkylation sites (tertiary alicyclic amines) is 1. The zero-order valence-electron chi connectivity index (χ0n) is 12.6. The van der Waals surface area contributed by atoms with Gasteiger partial charge in [-0.25, -0.2) is 9.97 Å². The molecule has 5 rings (SSSR count). The van der Waals surface area contributed by atoms with E-state index in [9.17, 15) is 4.79 Å². The molecular weight excluding hydrogens is 276 g/mol. The number of carbonyl (C=O) groups excluding carboxylic acids is 1. The molecule has 5 heteroatoms. The van der Waals surface area contributed by atoms with Gasteiger partial charge >= 0.3 is 0 Å². The first-order valence-electron chi connectivity index (χ1n) is 8.40. The summed E-state index contributed by atoms with van der Waals surface area (Å²) in [5, 5.41) is 0. The highest BCUT2D eigenvalue weighted by molar-refractivity contribution is 5.98. The van der Waals surface area contributed by atoms with Crippen LogP contribution in [0.3, 0.4) is 0 Å². The fourth-order valence-electron chi connectivity index (χ4n) is 4.11. The second-order valence-electron chi connectivity index (χ2n) is 7.13. The van der Waals surface area contributed by atoms with Gasteiger partial charge < -0.3 is 9.30 Å². The van der Waals surface area contributed by atoms with E-state index in [1.165, 1.54) is 32.1 Å². The second-order valence-corrected chi connectivity index (χ2v) is 7.13. The Morgan fingerprint density at radius 2 is 1.73 bits per heavy atom. The van der Waals surface area contributed by atoms with Gasteiger partial charge in [-0.1, -0.05) is 0 Å². The normalized spacial score (nSPS) is 28.5. The van der Waals surface area contributed by atoms with Crippen LogP contribution in [0.4, 0.5) is 0 Å². The molecule has 2 atom stereocenters. The minimum Gasteiger partial charge on any atom is -0.334 e. The number of aromatic nitrogens is 3. The second kappa shape index (κ2) is 4.54. The average Bonchev–Trinajstić information content (AvgIpc) is 3.47. The van der Waals surface area contributed by atoms with E-state index in [2.05, 4.69) is 14.9 Å². The zero-order valence-corrected chi connectivity index (χ0v) is 12.6. The van der Waals surface area contributed by atoms with E-state index in [0.717, 1.165) is 18.4 Å². The zero-order chi connectivity index (χ0) is 14.7. The van der Waals surface area contributed by atoms with Gasteiger partial charge in [0.05, 0.1) is 0 Å². The summed E-state index contributed by atoms with van der Waals surface area (Å²) < 4.78 is 1.88. The smallest absolute Gasteiger partial charge is 0.276 e. The van der Waals surface area contributed by atoms with Gasteiger partial charge in [0.2, 0.25) is 0 Å². The summed E-state index contributed by atoms with van der Waals surface area (Å²) in [6.07, 6.45) is 13.6. The molecule has 0 aromatic carbocycles.